The second-order valence-corrected chi connectivity index (χ2v) is 7.02. The van der Waals surface area contributed by atoms with Crippen LogP contribution in [0.15, 0.2) is 48.5 Å². The van der Waals surface area contributed by atoms with Crippen LogP contribution in [0.4, 0.5) is 0 Å². The van der Waals surface area contributed by atoms with Crippen LogP contribution in [0.5, 0.6) is 0 Å². The van der Waals surface area contributed by atoms with E-state index in [0.29, 0.717) is 0 Å². The number of rotatable bonds is 3. The number of hydrogen-bond donors (Lipinski definition) is 0. The SMILES string of the molecule is Cc1cc([SiH3])ccc1C(C)(C)Cc1ccccc1. The van der Waals surface area contributed by atoms with Gasteiger partial charge < -0.3 is 0 Å². The fourth-order valence-electron chi connectivity index (χ4n) is 2.77. The van der Waals surface area contributed by atoms with Gasteiger partial charge in [0.05, 0.1) is 0 Å². The van der Waals surface area contributed by atoms with Gasteiger partial charge in [0.25, 0.3) is 0 Å². The number of benzene rings is 2. The smallest absolute Gasteiger partial charge is 0.0385 e. The summed E-state index contributed by atoms with van der Waals surface area (Å²) in [6, 6.07) is 17.7. The van der Waals surface area contributed by atoms with E-state index in [1.54, 1.807) is 0 Å². The number of aryl methyl sites for hydroxylation is 1. The highest BCUT2D eigenvalue weighted by atomic mass is 28.1. The van der Waals surface area contributed by atoms with Crippen molar-refractivity contribution in [1.82, 2.24) is 0 Å². The van der Waals surface area contributed by atoms with E-state index < -0.39 is 0 Å². The third-order valence-corrected chi connectivity index (χ3v) is 4.22. The zero-order chi connectivity index (χ0) is 13.2. The molecule has 0 atom stereocenters. The summed E-state index contributed by atoms with van der Waals surface area (Å²) in [6.45, 7) is 6.92. The molecule has 0 nitrogen and oxygen atoms in total. The Kier molecular flexibility index (Phi) is 3.72. The maximum absolute atomic E-state index is 2.34. The van der Waals surface area contributed by atoms with Crippen molar-refractivity contribution >= 4 is 15.4 Å². The van der Waals surface area contributed by atoms with E-state index in [2.05, 4.69) is 69.3 Å². The lowest BCUT2D eigenvalue weighted by atomic mass is 9.77. The Morgan fingerprint density at radius 3 is 2.28 bits per heavy atom. The molecule has 2 aromatic rings. The highest BCUT2D eigenvalue weighted by Crippen LogP contribution is 2.29. The van der Waals surface area contributed by atoms with E-state index in [9.17, 15) is 0 Å². The Morgan fingerprint density at radius 2 is 1.67 bits per heavy atom. The molecule has 1 heteroatoms. The van der Waals surface area contributed by atoms with Crippen molar-refractivity contribution in [3.05, 3.63) is 65.2 Å². The highest BCUT2D eigenvalue weighted by Gasteiger charge is 2.22. The zero-order valence-corrected chi connectivity index (χ0v) is 13.8. The van der Waals surface area contributed by atoms with E-state index in [0.717, 1.165) is 16.7 Å². The summed E-state index contributed by atoms with van der Waals surface area (Å²) in [5.74, 6) is 0. The van der Waals surface area contributed by atoms with Crippen molar-refractivity contribution in [1.29, 1.82) is 0 Å². The summed E-state index contributed by atoms with van der Waals surface area (Å²) in [4.78, 5) is 0. The van der Waals surface area contributed by atoms with E-state index in [1.165, 1.54) is 21.9 Å². The molecule has 18 heavy (non-hydrogen) atoms. The minimum Gasteiger partial charge on any atom is -0.0705 e. The van der Waals surface area contributed by atoms with Gasteiger partial charge in [0, 0.05) is 10.2 Å². The zero-order valence-electron chi connectivity index (χ0n) is 11.8. The molecule has 94 valence electrons. The van der Waals surface area contributed by atoms with Crippen LogP contribution in [0.3, 0.4) is 0 Å². The molecular weight excluding hydrogens is 232 g/mol. The maximum atomic E-state index is 2.34. The first-order valence-electron chi connectivity index (χ1n) is 6.61. The lowest BCUT2D eigenvalue weighted by molar-refractivity contribution is 0.519. The van der Waals surface area contributed by atoms with Crippen molar-refractivity contribution in [3.8, 4) is 0 Å². The minimum absolute atomic E-state index is 0.195. The molecular formula is C17H22Si. The van der Waals surface area contributed by atoms with Gasteiger partial charge in [-0.05, 0) is 35.4 Å². The van der Waals surface area contributed by atoms with Crippen LogP contribution in [-0.2, 0) is 11.8 Å². The van der Waals surface area contributed by atoms with E-state index in [1.807, 2.05) is 0 Å². The summed E-state index contributed by atoms with van der Waals surface area (Å²) in [5, 5.41) is 1.48. The topological polar surface area (TPSA) is 0 Å². The van der Waals surface area contributed by atoms with Crippen molar-refractivity contribution in [2.24, 2.45) is 0 Å². The van der Waals surface area contributed by atoms with Crippen molar-refractivity contribution in [3.63, 3.8) is 0 Å². The standard InChI is InChI=1S/C17H22Si/c1-13-11-15(18)9-10-16(13)17(2,3)12-14-7-5-4-6-8-14/h4-11H,12H2,1-3,18H3. The average molecular weight is 254 g/mol. The van der Waals surface area contributed by atoms with Crippen molar-refractivity contribution in [2.45, 2.75) is 32.6 Å². The molecule has 0 fully saturated rings. The lowest BCUT2D eigenvalue weighted by Gasteiger charge is -2.27. The van der Waals surface area contributed by atoms with Gasteiger partial charge in [0.2, 0.25) is 0 Å². The Bertz CT molecular complexity index is 527. The molecule has 0 aromatic heterocycles. The Labute approximate surface area is 113 Å². The second-order valence-electron chi connectivity index (χ2n) is 5.86. The van der Waals surface area contributed by atoms with Crippen LogP contribution >= 0.6 is 0 Å². The summed E-state index contributed by atoms with van der Waals surface area (Å²) < 4.78 is 0. The van der Waals surface area contributed by atoms with Crippen LogP contribution in [0, 0.1) is 6.92 Å². The summed E-state index contributed by atoms with van der Waals surface area (Å²) in [6.07, 6.45) is 1.09. The van der Waals surface area contributed by atoms with Gasteiger partial charge in [-0.15, -0.1) is 0 Å². The van der Waals surface area contributed by atoms with Crippen LogP contribution in [-0.4, -0.2) is 10.2 Å². The molecule has 0 aliphatic carbocycles. The molecule has 0 saturated carbocycles. The predicted octanol–water partition coefficient (Wildman–Crippen LogP) is 2.51. The Hall–Kier alpha value is -1.34. The molecule has 0 aliphatic heterocycles. The third-order valence-electron chi connectivity index (χ3n) is 3.60. The molecule has 2 aromatic carbocycles. The van der Waals surface area contributed by atoms with Gasteiger partial charge in [-0.25, -0.2) is 0 Å². The van der Waals surface area contributed by atoms with Crippen molar-refractivity contribution in [2.75, 3.05) is 0 Å². The molecule has 0 spiro atoms. The van der Waals surface area contributed by atoms with Crippen LogP contribution in [0.1, 0.15) is 30.5 Å². The average Bonchev–Trinajstić information content (AvgIpc) is 2.29. The van der Waals surface area contributed by atoms with Crippen molar-refractivity contribution < 1.29 is 0 Å². The summed E-state index contributed by atoms with van der Waals surface area (Å²) in [5.41, 5.74) is 4.52. The molecule has 0 heterocycles. The molecule has 2 rings (SSSR count). The number of hydrogen-bond acceptors (Lipinski definition) is 0. The van der Waals surface area contributed by atoms with Gasteiger partial charge in [0.1, 0.15) is 0 Å². The minimum atomic E-state index is 0.195. The fourth-order valence-corrected chi connectivity index (χ4v) is 3.37. The Balaban J connectivity index is 2.30. The van der Waals surface area contributed by atoms with Gasteiger partial charge >= 0.3 is 0 Å². The van der Waals surface area contributed by atoms with Gasteiger partial charge in [-0.2, -0.15) is 0 Å². The van der Waals surface area contributed by atoms with Crippen LogP contribution in [0.2, 0.25) is 0 Å². The molecule has 0 amide bonds. The highest BCUT2D eigenvalue weighted by molar-refractivity contribution is 6.32. The molecule has 0 radical (unpaired) electrons. The van der Waals surface area contributed by atoms with E-state index >= 15 is 0 Å². The summed E-state index contributed by atoms with van der Waals surface area (Å²) >= 11 is 0. The third kappa shape index (κ3) is 2.91. The first-order chi connectivity index (χ1) is 8.49. The second kappa shape index (κ2) is 5.11. The molecule has 0 aliphatic rings. The first kappa shape index (κ1) is 13.1. The molecule has 0 unspecified atom stereocenters. The monoisotopic (exact) mass is 254 g/mol. The molecule has 0 saturated heterocycles. The van der Waals surface area contributed by atoms with Gasteiger partial charge in [-0.3, -0.25) is 0 Å². The van der Waals surface area contributed by atoms with Crippen LogP contribution < -0.4 is 5.19 Å². The first-order valence-corrected chi connectivity index (χ1v) is 7.61. The summed E-state index contributed by atoms with van der Waals surface area (Å²) in [7, 11) is 1.13. The van der Waals surface area contributed by atoms with Gasteiger partial charge in [-0.1, -0.05) is 67.6 Å². The lowest BCUT2D eigenvalue weighted by Crippen LogP contribution is -2.23. The van der Waals surface area contributed by atoms with Gasteiger partial charge in [0.15, 0.2) is 0 Å². The quantitative estimate of drug-likeness (QED) is 0.738. The van der Waals surface area contributed by atoms with Crippen LogP contribution in [0.25, 0.3) is 0 Å². The van der Waals surface area contributed by atoms with E-state index in [-0.39, 0.29) is 5.41 Å². The normalized spacial score (nSPS) is 11.7. The van der Waals surface area contributed by atoms with E-state index in [4.69, 9.17) is 0 Å². The Morgan fingerprint density at radius 1 is 1.00 bits per heavy atom. The fraction of sp³-hybridized carbons (Fsp3) is 0.294. The molecule has 0 bridgehead atoms. The largest absolute Gasteiger partial charge is 0.0705 e. The predicted molar refractivity (Wildman–Crippen MR) is 83.9 cm³/mol. The maximum Gasteiger partial charge on any atom is 0.0385 e. The molecule has 0 N–H and O–H groups in total.